The molecule has 0 aliphatic heterocycles. The molecule has 0 aromatic heterocycles. The maximum Gasteiger partial charge on any atom is 0.0567 e. The van der Waals surface area contributed by atoms with E-state index in [9.17, 15) is 0 Å². The Morgan fingerprint density at radius 2 is 2.18 bits per heavy atom. The molecule has 1 rings (SSSR count). The topological polar surface area (TPSA) is 20.2 Å². The highest BCUT2D eigenvalue weighted by Gasteiger charge is 1.96. The third-order valence-corrected chi connectivity index (χ3v) is 1.82. The fourth-order valence-corrected chi connectivity index (χ4v) is 1.12. The third kappa shape index (κ3) is 2.05. The molecule has 0 spiro atoms. The van der Waals surface area contributed by atoms with Gasteiger partial charge in [-0.25, -0.2) is 0 Å². The number of aliphatic hydroxyl groups excluding tert-OH is 1. The first-order valence-electron chi connectivity index (χ1n) is 4.34. The summed E-state index contributed by atoms with van der Waals surface area (Å²) in [5, 5.41) is 8.89. The quantitative estimate of drug-likeness (QED) is 0.683. The zero-order valence-corrected chi connectivity index (χ0v) is 6.96. The fourth-order valence-electron chi connectivity index (χ4n) is 1.12. The van der Waals surface area contributed by atoms with E-state index in [4.69, 9.17) is 6.48 Å². The molecule has 1 aromatic carbocycles. The summed E-state index contributed by atoms with van der Waals surface area (Å²) in [5.41, 5.74) is 3.39. The second-order valence-electron chi connectivity index (χ2n) is 2.82. The van der Waals surface area contributed by atoms with Crippen LogP contribution in [0.3, 0.4) is 0 Å². The van der Waals surface area contributed by atoms with E-state index < -0.39 is 6.58 Å². The van der Waals surface area contributed by atoms with Gasteiger partial charge in [-0.05, 0) is 31.4 Å². The van der Waals surface area contributed by atoms with E-state index in [1.54, 1.807) is 0 Å². The Morgan fingerprint density at radius 1 is 1.45 bits per heavy atom. The summed E-state index contributed by atoms with van der Waals surface area (Å²) in [6.45, 7) is 3.02. The molecule has 0 bridgehead atoms. The zero-order chi connectivity index (χ0) is 9.14. The van der Waals surface area contributed by atoms with E-state index in [0.29, 0.717) is 6.42 Å². The van der Waals surface area contributed by atoms with Crippen LogP contribution in [0, 0.1) is 13.8 Å². The van der Waals surface area contributed by atoms with Gasteiger partial charge >= 0.3 is 0 Å². The molecule has 0 radical (unpaired) electrons. The van der Waals surface area contributed by atoms with Crippen molar-refractivity contribution in [3.05, 3.63) is 34.9 Å². The van der Waals surface area contributed by atoms with Crippen molar-refractivity contribution in [3.63, 3.8) is 0 Å². The van der Waals surface area contributed by atoms with Crippen LogP contribution in [0.4, 0.5) is 0 Å². The van der Waals surface area contributed by atoms with Crippen LogP contribution >= 0.6 is 0 Å². The molecular weight excluding hydrogens is 136 g/mol. The smallest absolute Gasteiger partial charge is 0.0567 e. The standard InChI is InChI=1S/C10H14O/c1-8-3-4-9(2)10(7-8)5-6-11/h3-4,7,11H,5-6H2,1-2H3/i6D. The van der Waals surface area contributed by atoms with Crippen LogP contribution in [0.15, 0.2) is 18.2 Å². The molecule has 0 saturated carbocycles. The number of hydrogen-bond acceptors (Lipinski definition) is 1. The molecule has 1 nitrogen and oxygen atoms in total. The molecule has 1 heteroatoms. The summed E-state index contributed by atoms with van der Waals surface area (Å²) >= 11 is 0. The molecule has 0 saturated heterocycles. The van der Waals surface area contributed by atoms with Gasteiger partial charge in [0.1, 0.15) is 0 Å². The van der Waals surface area contributed by atoms with E-state index >= 15 is 0 Å². The molecule has 1 unspecified atom stereocenters. The summed E-state index contributed by atoms with van der Waals surface area (Å²) in [4.78, 5) is 0. The second-order valence-corrected chi connectivity index (χ2v) is 2.82. The average Bonchev–Trinajstić information content (AvgIpc) is 1.96. The summed E-state index contributed by atoms with van der Waals surface area (Å²) in [6.07, 6.45) is 0.424. The van der Waals surface area contributed by atoms with Crippen molar-refractivity contribution in [2.45, 2.75) is 20.3 Å². The Hall–Kier alpha value is -0.820. The predicted molar refractivity (Wildman–Crippen MR) is 46.7 cm³/mol. The molecule has 0 heterocycles. The molecule has 0 fully saturated rings. The van der Waals surface area contributed by atoms with Gasteiger partial charge in [0.2, 0.25) is 0 Å². The third-order valence-electron chi connectivity index (χ3n) is 1.82. The van der Waals surface area contributed by atoms with Gasteiger partial charge in [-0.2, -0.15) is 0 Å². The van der Waals surface area contributed by atoms with E-state index in [-0.39, 0.29) is 0 Å². The molecule has 60 valence electrons. The van der Waals surface area contributed by atoms with Crippen molar-refractivity contribution in [2.75, 3.05) is 6.58 Å². The zero-order valence-electron chi connectivity index (χ0n) is 7.96. The molecule has 0 aliphatic carbocycles. The largest absolute Gasteiger partial charge is 0.396 e. The highest BCUT2D eigenvalue weighted by molar-refractivity contribution is 5.30. The second kappa shape index (κ2) is 3.54. The molecule has 0 amide bonds. The molecule has 1 aromatic rings. The highest BCUT2D eigenvalue weighted by Crippen LogP contribution is 2.10. The SMILES string of the molecule is [2H]C(O)Cc1cc(C)ccc1C. The lowest BCUT2D eigenvalue weighted by molar-refractivity contribution is 0.299. The average molecular weight is 151 g/mol. The van der Waals surface area contributed by atoms with E-state index in [2.05, 4.69) is 0 Å². The van der Waals surface area contributed by atoms with Crippen molar-refractivity contribution >= 4 is 0 Å². The first kappa shape index (κ1) is 6.86. The Balaban J connectivity index is 2.90. The Labute approximate surface area is 69.1 Å². The van der Waals surface area contributed by atoms with Gasteiger partial charge in [-0.3, -0.25) is 0 Å². The lowest BCUT2D eigenvalue weighted by Crippen LogP contribution is -1.94. The van der Waals surface area contributed by atoms with Gasteiger partial charge < -0.3 is 5.11 Å². The first-order chi connectivity index (χ1) is 5.59. The van der Waals surface area contributed by atoms with Crippen molar-refractivity contribution < 1.29 is 6.48 Å². The lowest BCUT2D eigenvalue weighted by atomic mass is 10.0. The molecule has 1 atom stereocenters. The van der Waals surface area contributed by atoms with Crippen molar-refractivity contribution in [1.29, 1.82) is 0 Å². The van der Waals surface area contributed by atoms with Crippen LogP contribution in [0.25, 0.3) is 0 Å². The number of hydrogen-bond donors (Lipinski definition) is 1. The van der Waals surface area contributed by atoms with Gasteiger partial charge in [0.15, 0.2) is 0 Å². The summed E-state index contributed by atoms with van der Waals surface area (Å²) in [6, 6.07) is 6.08. The van der Waals surface area contributed by atoms with Crippen LogP contribution in [-0.4, -0.2) is 11.7 Å². The lowest BCUT2D eigenvalue weighted by Gasteiger charge is -2.03. The highest BCUT2D eigenvalue weighted by atomic mass is 16.2. The molecule has 11 heavy (non-hydrogen) atoms. The Morgan fingerprint density at radius 3 is 2.82 bits per heavy atom. The van der Waals surface area contributed by atoms with Gasteiger partial charge in [0.05, 0.1) is 1.37 Å². The van der Waals surface area contributed by atoms with Crippen LogP contribution < -0.4 is 0 Å². The van der Waals surface area contributed by atoms with Crippen LogP contribution in [-0.2, 0) is 6.42 Å². The van der Waals surface area contributed by atoms with Gasteiger partial charge in [0.25, 0.3) is 0 Å². The van der Waals surface area contributed by atoms with E-state index in [0.717, 1.165) is 11.1 Å². The predicted octanol–water partition coefficient (Wildman–Crippen LogP) is 1.84. The maximum atomic E-state index is 8.89. The van der Waals surface area contributed by atoms with Crippen LogP contribution in [0.5, 0.6) is 0 Å². The number of aliphatic hydroxyl groups is 1. The normalized spacial score (nSPS) is 14.3. The van der Waals surface area contributed by atoms with Crippen LogP contribution in [0.2, 0.25) is 0 Å². The van der Waals surface area contributed by atoms with Gasteiger partial charge in [-0.1, -0.05) is 23.8 Å². The Bertz CT molecular complexity index is 269. The molecule has 1 N–H and O–H groups in total. The fraction of sp³-hybridized carbons (Fsp3) is 0.400. The minimum absolute atomic E-state index is 0.424. The van der Waals surface area contributed by atoms with E-state index in [1.807, 2.05) is 32.0 Å². The summed E-state index contributed by atoms with van der Waals surface area (Å²) < 4.78 is 7.04. The monoisotopic (exact) mass is 151 g/mol. The number of rotatable bonds is 2. The number of benzene rings is 1. The molecule has 0 aliphatic rings. The molecular formula is C10H14O. The van der Waals surface area contributed by atoms with Gasteiger partial charge in [0, 0.05) is 6.58 Å². The minimum atomic E-state index is -0.995. The summed E-state index contributed by atoms with van der Waals surface area (Å²) in [7, 11) is 0. The minimum Gasteiger partial charge on any atom is -0.396 e. The van der Waals surface area contributed by atoms with Crippen molar-refractivity contribution in [1.82, 2.24) is 0 Å². The number of aryl methyl sites for hydroxylation is 3. The van der Waals surface area contributed by atoms with E-state index in [1.165, 1.54) is 5.56 Å². The first-order valence-corrected chi connectivity index (χ1v) is 3.76. The van der Waals surface area contributed by atoms with Gasteiger partial charge in [-0.15, -0.1) is 0 Å². The van der Waals surface area contributed by atoms with Crippen LogP contribution in [0.1, 0.15) is 18.1 Å². The summed E-state index contributed by atoms with van der Waals surface area (Å²) in [5.74, 6) is 0. The van der Waals surface area contributed by atoms with Crippen molar-refractivity contribution in [2.24, 2.45) is 0 Å². The maximum absolute atomic E-state index is 8.89. The van der Waals surface area contributed by atoms with Crippen molar-refractivity contribution in [3.8, 4) is 0 Å². The Kier molecular flexibility index (Phi) is 2.21.